The maximum absolute atomic E-state index is 13.0. The smallest absolute Gasteiger partial charge is 0.247 e. The Kier molecular flexibility index (Phi) is 3.41. The molecule has 1 heterocycles. The van der Waals surface area contributed by atoms with Crippen LogP contribution in [-0.2, 0) is 6.61 Å². The highest BCUT2D eigenvalue weighted by Gasteiger charge is 2.03. The van der Waals surface area contributed by atoms with Gasteiger partial charge < -0.3 is 9.15 Å². The first-order chi connectivity index (χ1) is 9.81. The van der Waals surface area contributed by atoms with Crippen molar-refractivity contribution in [2.75, 3.05) is 0 Å². The van der Waals surface area contributed by atoms with Crippen molar-refractivity contribution in [3.63, 3.8) is 0 Å². The lowest BCUT2D eigenvalue weighted by molar-refractivity contribution is 0.305. The molecule has 100 valence electrons. The predicted molar refractivity (Wildman–Crippen MR) is 70.5 cm³/mol. The minimum absolute atomic E-state index is 0.266. The van der Waals surface area contributed by atoms with E-state index in [1.807, 2.05) is 18.2 Å². The molecule has 0 saturated carbocycles. The molecule has 0 fully saturated rings. The topological polar surface area (TPSA) is 48.2 Å². The van der Waals surface area contributed by atoms with Gasteiger partial charge >= 0.3 is 0 Å². The fourth-order valence-corrected chi connectivity index (χ4v) is 1.79. The second kappa shape index (κ2) is 5.52. The Labute approximate surface area is 114 Å². The first-order valence-corrected chi connectivity index (χ1v) is 6.05. The lowest BCUT2D eigenvalue weighted by Gasteiger charge is -2.06. The lowest BCUT2D eigenvalue weighted by atomic mass is 10.2. The molecule has 4 nitrogen and oxygen atoms in total. The van der Waals surface area contributed by atoms with Gasteiger partial charge in [0.1, 0.15) is 18.2 Å². The van der Waals surface area contributed by atoms with Gasteiger partial charge in [-0.2, -0.15) is 0 Å². The molecule has 3 rings (SSSR count). The molecule has 0 saturated heterocycles. The van der Waals surface area contributed by atoms with E-state index in [0.717, 1.165) is 11.1 Å². The van der Waals surface area contributed by atoms with Crippen LogP contribution in [0.5, 0.6) is 5.75 Å². The van der Waals surface area contributed by atoms with Crippen LogP contribution in [0, 0.1) is 5.82 Å². The van der Waals surface area contributed by atoms with Crippen molar-refractivity contribution in [3.8, 4) is 17.2 Å². The summed E-state index contributed by atoms with van der Waals surface area (Å²) in [6.07, 6.45) is 1.28. The highest BCUT2D eigenvalue weighted by molar-refractivity contribution is 5.53. The summed E-state index contributed by atoms with van der Waals surface area (Å²) in [4.78, 5) is 0. The SMILES string of the molecule is Fc1cccc(COc2ccc(-c3nnco3)cc2)c1. The largest absolute Gasteiger partial charge is 0.489 e. The highest BCUT2D eigenvalue weighted by Crippen LogP contribution is 2.20. The molecule has 20 heavy (non-hydrogen) atoms. The van der Waals surface area contributed by atoms with Crippen LogP contribution in [0.1, 0.15) is 5.56 Å². The molecule has 0 amide bonds. The van der Waals surface area contributed by atoms with E-state index in [4.69, 9.17) is 9.15 Å². The monoisotopic (exact) mass is 270 g/mol. The van der Waals surface area contributed by atoms with Crippen LogP contribution in [0.15, 0.2) is 59.3 Å². The van der Waals surface area contributed by atoms with Gasteiger partial charge in [-0.25, -0.2) is 4.39 Å². The van der Waals surface area contributed by atoms with Gasteiger partial charge in [0, 0.05) is 5.56 Å². The van der Waals surface area contributed by atoms with Gasteiger partial charge in [-0.3, -0.25) is 0 Å². The van der Waals surface area contributed by atoms with E-state index in [1.165, 1.54) is 18.5 Å². The summed E-state index contributed by atoms with van der Waals surface area (Å²) >= 11 is 0. The standard InChI is InChI=1S/C15H11FN2O2/c16-13-3-1-2-11(8-13)9-19-14-6-4-12(5-7-14)15-18-17-10-20-15/h1-8,10H,9H2. The van der Waals surface area contributed by atoms with Crippen molar-refractivity contribution >= 4 is 0 Å². The zero-order valence-corrected chi connectivity index (χ0v) is 10.5. The van der Waals surface area contributed by atoms with E-state index < -0.39 is 0 Å². The van der Waals surface area contributed by atoms with Crippen molar-refractivity contribution in [1.82, 2.24) is 10.2 Å². The molecular weight excluding hydrogens is 259 g/mol. The number of ether oxygens (including phenoxy) is 1. The minimum atomic E-state index is -0.266. The molecule has 3 aromatic rings. The molecule has 5 heteroatoms. The second-order valence-electron chi connectivity index (χ2n) is 4.19. The molecule has 0 N–H and O–H groups in total. The average molecular weight is 270 g/mol. The number of benzene rings is 2. The van der Waals surface area contributed by atoms with Crippen molar-refractivity contribution in [1.29, 1.82) is 0 Å². The molecule has 0 bridgehead atoms. The van der Waals surface area contributed by atoms with Crippen LogP contribution < -0.4 is 4.74 Å². The van der Waals surface area contributed by atoms with Crippen LogP contribution in [0.2, 0.25) is 0 Å². The van der Waals surface area contributed by atoms with E-state index in [-0.39, 0.29) is 5.82 Å². The average Bonchev–Trinajstić information content (AvgIpc) is 3.00. The number of hydrogen-bond donors (Lipinski definition) is 0. The van der Waals surface area contributed by atoms with Gasteiger partial charge in [0.15, 0.2) is 0 Å². The fourth-order valence-electron chi connectivity index (χ4n) is 1.79. The van der Waals surface area contributed by atoms with Gasteiger partial charge in [-0.1, -0.05) is 12.1 Å². The normalized spacial score (nSPS) is 10.4. The molecule has 0 aliphatic heterocycles. The number of nitrogens with zero attached hydrogens (tertiary/aromatic N) is 2. The van der Waals surface area contributed by atoms with Gasteiger partial charge in [-0.15, -0.1) is 10.2 Å². The Hall–Kier alpha value is -2.69. The summed E-state index contributed by atoms with van der Waals surface area (Å²) in [6, 6.07) is 13.6. The zero-order chi connectivity index (χ0) is 13.8. The van der Waals surface area contributed by atoms with Crippen LogP contribution >= 0.6 is 0 Å². The van der Waals surface area contributed by atoms with E-state index in [9.17, 15) is 4.39 Å². The quantitative estimate of drug-likeness (QED) is 0.728. The third-order valence-electron chi connectivity index (χ3n) is 2.76. The maximum Gasteiger partial charge on any atom is 0.247 e. The fraction of sp³-hybridized carbons (Fsp3) is 0.0667. The number of aromatic nitrogens is 2. The third kappa shape index (κ3) is 2.83. The Morgan fingerprint density at radius 3 is 2.65 bits per heavy atom. The summed E-state index contributed by atoms with van der Waals surface area (Å²) in [7, 11) is 0. The molecule has 0 radical (unpaired) electrons. The summed E-state index contributed by atoms with van der Waals surface area (Å²) in [5.41, 5.74) is 1.60. The van der Waals surface area contributed by atoms with Gasteiger partial charge in [0.2, 0.25) is 12.3 Å². The molecule has 0 spiro atoms. The molecule has 1 aromatic heterocycles. The molecule has 0 unspecified atom stereocenters. The molecule has 0 atom stereocenters. The van der Waals surface area contributed by atoms with Gasteiger partial charge in [0.25, 0.3) is 0 Å². The zero-order valence-electron chi connectivity index (χ0n) is 10.5. The molecule has 0 aliphatic carbocycles. The van der Waals surface area contributed by atoms with Crippen molar-refractivity contribution in [2.24, 2.45) is 0 Å². The Morgan fingerprint density at radius 1 is 1.10 bits per heavy atom. The third-order valence-corrected chi connectivity index (χ3v) is 2.76. The summed E-state index contributed by atoms with van der Waals surface area (Å²) < 4.78 is 23.7. The molecule has 0 aliphatic rings. The van der Waals surface area contributed by atoms with Crippen molar-refractivity contribution < 1.29 is 13.5 Å². The lowest BCUT2D eigenvalue weighted by Crippen LogP contribution is -1.95. The molecule has 2 aromatic carbocycles. The van der Waals surface area contributed by atoms with E-state index in [2.05, 4.69) is 10.2 Å². The maximum atomic E-state index is 13.0. The van der Waals surface area contributed by atoms with Crippen LogP contribution in [0.3, 0.4) is 0 Å². The number of hydrogen-bond acceptors (Lipinski definition) is 4. The van der Waals surface area contributed by atoms with E-state index in [0.29, 0.717) is 18.2 Å². The predicted octanol–water partition coefficient (Wildman–Crippen LogP) is 3.45. The Balaban J connectivity index is 1.67. The van der Waals surface area contributed by atoms with Crippen molar-refractivity contribution in [3.05, 3.63) is 66.3 Å². The Bertz CT molecular complexity index is 681. The minimum Gasteiger partial charge on any atom is -0.489 e. The summed E-state index contributed by atoms with van der Waals surface area (Å²) in [5, 5.41) is 7.44. The second-order valence-corrected chi connectivity index (χ2v) is 4.19. The van der Waals surface area contributed by atoms with Gasteiger partial charge in [-0.05, 0) is 42.0 Å². The molecular formula is C15H11FN2O2. The van der Waals surface area contributed by atoms with Crippen LogP contribution in [-0.4, -0.2) is 10.2 Å². The van der Waals surface area contributed by atoms with E-state index >= 15 is 0 Å². The Morgan fingerprint density at radius 2 is 1.95 bits per heavy atom. The number of rotatable bonds is 4. The number of halogens is 1. The first-order valence-electron chi connectivity index (χ1n) is 6.05. The summed E-state index contributed by atoms with van der Waals surface area (Å²) in [6.45, 7) is 0.317. The van der Waals surface area contributed by atoms with Crippen LogP contribution in [0.4, 0.5) is 4.39 Å². The van der Waals surface area contributed by atoms with E-state index in [1.54, 1.807) is 18.2 Å². The first kappa shape index (κ1) is 12.3. The summed E-state index contributed by atoms with van der Waals surface area (Å²) in [5.74, 6) is 0.886. The van der Waals surface area contributed by atoms with Crippen molar-refractivity contribution in [2.45, 2.75) is 6.61 Å². The highest BCUT2D eigenvalue weighted by atomic mass is 19.1. The van der Waals surface area contributed by atoms with Crippen LogP contribution in [0.25, 0.3) is 11.5 Å². The van der Waals surface area contributed by atoms with Gasteiger partial charge in [0.05, 0.1) is 0 Å².